The average molecular weight is 658 g/mol. The fourth-order valence-electron chi connectivity index (χ4n) is 4.34. The summed E-state index contributed by atoms with van der Waals surface area (Å²) in [6.07, 6.45) is 8.16. The summed E-state index contributed by atoms with van der Waals surface area (Å²) in [7, 11) is 1.20. The standard InChI is InChI=1S/C14H25NO3.2C8H11NO5/c1-3-4-5-6-7-8-11(2)18-14(17)12-9-10-13(16)15-12;1-13-7(11)4-14-8(12)5-2-3-6(10)9-5;1-4(7(11)12)14-8(13)5-2-3-6(10)9-5/h11-12H,3-10H2,1-2H3,(H,15,16);5H,2-4H2,1H3,(H,9,10);4-5H,2-3H2,1H3,(H,9,10)(H,11,12)/t11?,12-;5-;4?,5-/m000/s1. The summed E-state index contributed by atoms with van der Waals surface area (Å²) in [4.78, 5) is 87.5. The molecule has 16 nitrogen and oxygen atoms in total. The van der Waals surface area contributed by atoms with E-state index in [1.54, 1.807) is 0 Å². The molecular formula is C30H47N3O13. The lowest BCUT2D eigenvalue weighted by molar-refractivity contribution is -0.164. The van der Waals surface area contributed by atoms with Crippen LogP contribution in [0.25, 0.3) is 0 Å². The van der Waals surface area contributed by atoms with E-state index in [-0.39, 0.29) is 36.2 Å². The van der Waals surface area contributed by atoms with Gasteiger partial charge in [-0.3, -0.25) is 14.4 Å². The second-order valence-electron chi connectivity index (χ2n) is 11.0. The maximum Gasteiger partial charge on any atom is 0.344 e. The SMILES string of the molecule is CC(OC(=O)[C@@H]1CCC(=O)N1)C(=O)O.CCCCCCCC(C)OC(=O)[C@@H]1CCC(=O)N1.COC(=O)COC(=O)[C@@H]1CCC(=O)N1. The van der Waals surface area contributed by atoms with Crippen molar-refractivity contribution in [1.29, 1.82) is 0 Å². The Kier molecular flexibility index (Phi) is 18.6. The quantitative estimate of drug-likeness (QED) is 0.115. The van der Waals surface area contributed by atoms with Crippen molar-refractivity contribution < 1.29 is 62.4 Å². The second-order valence-corrected chi connectivity index (χ2v) is 11.0. The van der Waals surface area contributed by atoms with Crippen molar-refractivity contribution in [3.05, 3.63) is 0 Å². The smallest absolute Gasteiger partial charge is 0.344 e. The molecule has 3 fully saturated rings. The highest BCUT2D eigenvalue weighted by atomic mass is 16.6. The summed E-state index contributed by atoms with van der Waals surface area (Å²) in [5.41, 5.74) is 0. The molecule has 0 saturated carbocycles. The van der Waals surface area contributed by atoms with Gasteiger partial charge in [-0.1, -0.05) is 32.6 Å². The van der Waals surface area contributed by atoms with Gasteiger partial charge >= 0.3 is 29.8 Å². The number of hydrogen-bond donors (Lipinski definition) is 4. The molecule has 0 aromatic carbocycles. The minimum absolute atomic E-state index is 0.0448. The first kappa shape index (κ1) is 39.8. The van der Waals surface area contributed by atoms with Gasteiger partial charge in [0, 0.05) is 19.3 Å². The van der Waals surface area contributed by atoms with Crippen LogP contribution >= 0.6 is 0 Å². The van der Waals surface area contributed by atoms with E-state index < -0.39 is 54.7 Å². The Hall–Kier alpha value is -4.24. The van der Waals surface area contributed by atoms with Crippen LogP contribution in [0.4, 0.5) is 0 Å². The van der Waals surface area contributed by atoms with Gasteiger partial charge in [0.15, 0.2) is 12.7 Å². The Bertz CT molecular complexity index is 1080. The van der Waals surface area contributed by atoms with Gasteiger partial charge in [0.05, 0.1) is 13.2 Å². The summed E-state index contributed by atoms with van der Waals surface area (Å²) < 4.78 is 18.8. The van der Waals surface area contributed by atoms with Crippen LogP contribution < -0.4 is 16.0 Å². The number of hydrogen-bond acceptors (Lipinski definition) is 12. The van der Waals surface area contributed by atoms with Crippen LogP contribution in [0.15, 0.2) is 0 Å². The van der Waals surface area contributed by atoms with Crippen molar-refractivity contribution in [2.45, 2.75) is 128 Å². The van der Waals surface area contributed by atoms with Gasteiger partial charge in [-0.2, -0.15) is 0 Å². The molecule has 0 aromatic heterocycles. The first-order valence-corrected chi connectivity index (χ1v) is 15.5. The highest BCUT2D eigenvalue weighted by Crippen LogP contribution is 2.13. The molecule has 2 unspecified atom stereocenters. The number of methoxy groups -OCH3 is 1. The highest BCUT2D eigenvalue weighted by molar-refractivity contribution is 5.90. The second kappa shape index (κ2) is 21.5. The summed E-state index contributed by atoms with van der Waals surface area (Å²) in [5.74, 6) is -3.83. The normalized spacial score (nSPS) is 21.0. The molecule has 5 atom stereocenters. The predicted octanol–water partition coefficient (Wildman–Crippen LogP) is 0.820. The number of carbonyl (C=O) groups excluding carboxylic acids is 7. The monoisotopic (exact) mass is 657 g/mol. The lowest BCUT2D eigenvalue weighted by Crippen LogP contribution is -2.37. The van der Waals surface area contributed by atoms with Crippen LogP contribution in [0.2, 0.25) is 0 Å². The molecule has 46 heavy (non-hydrogen) atoms. The van der Waals surface area contributed by atoms with Crippen molar-refractivity contribution in [2.75, 3.05) is 13.7 Å². The number of amides is 3. The molecule has 3 heterocycles. The van der Waals surface area contributed by atoms with Gasteiger partial charge in [0.2, 0.25) is 17.7 Å². The van der Waals surface area contributed by atoms with Gasteiger partial charge in [-0.25, -0.2) is 24.0 Å². The number of carboxylic acid groups (broad SMARTS) is 1. The highest BCUT2D eigenvalue weighted by Gasteiger charge is 2.31. The van der Waals surface area contributed by atoms with Crippen molar-refractivity contribution in [3.63, 3.8) is 0 Å². The maximum atomic E-state index is 11.7. The van der Waals surface area contributed by atoms with E-state index in [1.807, 2.05) is 6.92 Å². The number of esters is 4. The molecule has 0 aliphatic carbocycles. The number of carbonyl (C=O) groups is 8. The Labute approximate surface area is 268 Å². The summed E-state index contributed by atoms with van der Waals surface area (Å²) in [6.45, 7) is 4.97. The molecule has 3 amide bonds. The third-order valence-corrected chi connectivity index (χ3v) is 7.07. The van der Waals surface area contributed by atoms with Gasteiger partial charge in [0.1, 0.15) is 18.1 Å². The van der Waals surface area contributed by atoms with Crippen molar-refractivity contribution in [2.24, 2.45) is 0 Å². The minimum atomic E-state index is -1.21. The molecule has 3 aliphatic rings. The Morgan fingerprint density at radius 2 is 1.20 bits per heavy atom. The number of ether oxygens (including phenoxy) is 4. The zero-order valence-electron chi connectivity index (χ0n) is 26.9. The zero-order valence-corrected chi connectivity index (χ0v) is 26.9. The van der Waals surface area contributed by atoms with Crippen LogP contribution in [-0.2, 0) is 57.3 Å². The van der Waals surface area contributed by atoms with Crippen LogP contribution in [-0.4, -0.2) is 96.7 Å². The number of aliphatic carboxylic acids is 1. The number of nitrogens with one attached hydrogen (secondary N) is 3. The zero-order chi connectivity index (χ0) is 34.6. The summed E-state index contributed by atoms with van der Waals surface area (Å²) in [5, 5.41) is 15.9. The van der Waals surface area contributed by atoms with E-state index in [2.05, 4.69) is 37.1 Å². The van der Waals surface area contributed by atoms with Crippen LogP contribution in [0.3, 0.4) is 0 Å². The van der Waals surface area contributed by atoms with E-state index in [9.17, 15) is 38.4 Å². The third kappa shape index (κ3) is 16.2. The number of carboxylic acids is 1. The topological polar surface area (TPSA) is 230 Å². The lowest BCUT2D eigenvalue weighted by atomic mass is 10.1. The third-order valence-electron chi connectivity index (χ3n) is 7.07. The van der Waals surface area contributed by atoms with Crippen molar-refractivity contribution in [3.8, 4) is 0 Å². The largest absolute Gasteiger partial charge is 0.479 e. The lowest BCUT2D eigenvalue weighted by Gasteiger charge is -2.16. The summed E-state index contributed by atoms with van der Waals surface area (Å²) in [6, 6.07) is -1.73. The Morgan fingerprint density at radius 1 is 0.739 bits per heavy atom. The van der Waals surface area contributed by atoms with Crippen LogP contribution in [0.1, 0.15) is 97.8 Å². The van der Waals surface area contributed by atoms with E-state index in [0.29, 0.717) is 32.1 Å². The van der Waals surface area contributed by atoms with Gasteiger partial charge in [-0.15, -0.1) is 0 Å². The van der Waals surface area contributed by atoms with Crippen molar-refractivity contribution in [1.82, 2.24) is 16.0 Å². The molecule has 0 bridgehead atoms. The molecule has 4 N–H and O–H groups in total. The maximum absolute atomic E-state index is 11.7. The molecule has 260 valence electrons. The number of unbranched alkanes of at least 4 members (excludes halogenated alkanes) is 4. The molecule has 0 radical (unpaired) electrons. The summed E-state index contributed by atoms with van der Waals surface area (Å²) >= 11 is 0. The molecule has 16 heteroatoms. The minimum Gasteiger partial charge on any atom is -0.479 e. The van der Waals surface area contributed by atoms with E-state index in [4.69, 9.17) is 9.84 Å². The first-order chi connectivity index (χ1) is 21.8. The van der Waals surface area contributed by atoms with E-state index >= 15 is 0 Å². The van der Waals surface area contributed by atoms with Gasteiger partial charge in [0.25, 0.3) is 0 Å². The van der Waals surface area contributed by atoms with Gasteiger partial charge < -0.3 is 40.0 Å². The van der Waals surface area contributed by atoms with Crippen LogP contribution in [0.5, 0.6) is 0 Å². The first-order valence-electron chi connectivity index (χ1n) is 15.5. The molecule has 0 spiro atoms. The van der Waals surface area contributed by atoms with E-state index in [1.165, 1.54) is 39.7 Å². The van der Waals surface area contributed by atoms with Crippen molar-refractivity contribution >= 4 is 47.6 Å². The van der Waals surface area contributed by atoms with Gasteiger partial charge in [-0.05, 0) is 46.0 Å². The Balaban J connectivity index is 0.000000349. The van der Waals surface area contributed by atoms with Crippen LogP contribution in [0, 0.1) is 0 Å². The Morgan fingerprint density at radius 3 is 1.61 bits per heavy atom. The molecule has 3 aliphatic heterocycles. The fraction of sp³-hybridized carbons (Fsp3) is 0.733. The number of rotatable bonds is 14. The molecule has 3 rings (SSSR count). The molecular weight excluding hydrogens is 610 g/mol. The molecule has 0 aromatic rings. The van der Waals surface area contributed by atoms with E-state index in [0.717, 1.165) is 12.8 Å². The predicted molar refractivity (Wildman–Crippen MR) is 159 cm³/mol. The average Bonchev–Trinajstić information content (AvgIpc) is 3.77. The molecule has 3 saturated heterocycles. The fourth-order valence-corrected chi connectivity index (χ4v) is 4.34.